The fourth-order valence-electron chi connectivity index (χ4n) is 1.24. The highest BCUT2D eigenvalue weighted by atomic mass is 16.5. The maximum absolute atomic E-state index is 9.21. The van der Waals surface area contributed by atoms with Crippen molar-refractivity contribution in [2.75, 3.05) is 6.61 Å². The Morgan fingerprint density at radius 3 is 2.60 bits per heavy atom. The van der Waals surface area contributed by atoms with Crippen LogP contribution in [0.2, 0.25) is 0 Å². The molecule has 0 saturated carbocycles. The number of hydrogen-bond acceptors (Lipinski definition) is 3. The van der Waals surface area contributed by atoms with Gasteiger partial charge in [-0.15, -0.1) is 0 Å². The van der Waals surface area contributed by atoms with Crippen LogP contribution in [0.25, 0.3) is 0 Å². The van der Waals surface area contributed by atoms with Crippen molar-refractivity contribution in [1.29, 1.82) is 0 Å². The first-order valence-electron chi connectivity index (χ1n) is 3.72. The van der Waals surface area contributed by atoms with Crippen LogP contribution in [0.5, 0.6) is 0 Å². The predicted molar refractivity (Wildman–Crippen MR) is 36.7 cm³/mol. The summed E-state index contributed by atoms with van der Waals surface area (Å²) in [6.07, 6.45) is 0.919. The molecule has 1 fully saturated rings. The summed E-state index contributed by atoms with van der Waals surface area (Å²) < 4.78 is 5.27. The van der Waals surface area contributed by atoms with Gasteiger partial charge >= 0.3 is 0 Å². The van der Waals surface area contributed by atoms with Crippen LogP contribution >= 0.6 is 0 Å². The van der Waals surface area contributed by atoms with E-state index in [2.05, 4.69) is 0 Å². The van der Waals surface area contributed by atoms with Crippen LogP contribution in [-0.2, 0) is 4.74 Å². The highest BCUT2D eigenvalue weighted by molar-refractivity contribution is 4.80. The Bertz CT molecular complexity index is 105. The SMILES string of the molecule is CC[C@@H]1C[C@H](O)C(CO)O1. The average Bonchev–Trinajstić information content (AvgIpc) is 2.30. The molecule has 3 nitrogen and oxygen atoms in total. The first-order chi connectivity index (χ1) is 4.77. The van der Waals surface area contributed by atoms with Gasteiger partial charge in [-0.2, -0.15) is 0 Å². The van der Waals surface area contributed by atoms with Crippen molar-refractivity contribution >= 4 is 0 Å². The Balaban J connectivity index is 2.36. The molecule has 10 heavy (non-hydrogen) atoms. The lowest BCUT2D eigenvalue weighted by Crippen LogP contribution is -2.24. The minimum atomic E-state index is -0.463. The number of hydrogen-bond donors (Lipinski definition) is 2. The fraction of sp³-hybridized carbons (Fsp3) is 1.00. The van der Waals surface area contributed by atoms with Crippen molar-refractivity contribution in [3.63, 3.8) is 0 Å². The lowest BCUT2D eigenvalue weighted by molar-refractivity contribution is -0.0224. The van der Waals surface area contributed by atoms with Gasteiger partial charge in [0.1, 0.15) is 6.10 Å². The molecule has 1 aliphatic heterocycles. The van der Waals surface area contributed by atoms with Crippen molar-refractivity contribution in [2.24, 2.45) is 0 Å². The lowest BCUT2D eigenvalue weighted by atomic mass is 10.1. The molecule has 1 heterocycles. The van der Waals surface area contributed by atoms with Crippen LogP contribution < -0.4 is 0 Å². The first kappa shape index (κ1) is 7.98. The van der Waals surface area contributed by atoms with Crippen LogP contribution in [0.4, 0.5) is 0 Å². The Hall–Kier alpha value is -0.120. The molecule has 60 valence electrons. The number of ether oxygens (including phenoxy) is 1. The Labute approximate surface area is 60.6 Å². The minimum Gasteiger partial charge on any atom is -0.394 e. The Morgan fingerprint density at radius 1 is 1.60 bits per heavy atom. The maximum Gasteiger partial charge on any atom is 0.107 e. The molecule has 0 aromatic carbocycles. The molecule has 2 N–H and O–H groups in total. The zero-order valence-electron chi connectivity index (χ0n) is 6.16. The quantitative estimate of drug-likeness (QED) is 0.572. The largest absolute Gasteiger partial charge is 0.394 e. The molecule has 0 bridgehead atoms. The molecular formula is C7H14O3. The zero-order chi connectivity index (χ0) is 7.56. The van der Waals surface area contributed by atoms with Crippen molar-refractivity contribution in [3.05, 3.63) is 0 Å². The smallest absolute Gasteiger partial charge is 0.107 e. The molecule has 0 aliphatic carbocycles. The van der Waals surface area contributed by atoms with Crippen LogP contribution in [0.3, 0.4) is 0 Å². The molecular weight excluding hydrogens is 132 g/mol. The average molecular weight is 146 g/mol. The molecule has 3 heteroatoms. The summed E-state index contributed by atoms with van der Waals surface area (Å²) in [5, 5.41) is 17.9. The van der Waals surface area contributed by atoms with E-state index in [-0.39, 0.29) is 18.8 Å². The summed E-state index contributed by atoms with van der Waals surface area (Å²) in [5.41, 5.74) is 0. The van der Waals surface area contributed by atoms with Gasteiger partial charge in [-0.25, -0.2) is 0 Å². The monoisotopic (exact) mass is 146 g/mol. The van der Waals surface area contributed by atoms with Crippen molar-refractivity contribution in [1.82, 2.24) is 0 Å². The van der Waals surface area contributed by atoms with Gasteiger partial charge in [0.2, 0.25) is 0 Å². The van der Waals surface area contributed by atoms with Crippen molar-refractivity contribution in [3.8, 4) is 0 Å². The van der Waals surface area contributed by atoms with E-state index in [1.54, 1.807) is 0 Å². The Morgan fingerprint density at radius 2 is 2.30 bits per heavy atom. The Kier molecular flexibility index (Phi) is 2.65. The molecule has 1 rings (SSSR count). The molecule has 3 atom stereocenters. The van der Waals surface area contributed by atoms with Gasteiger partial charge in [0.05, 0.1) is 18.8 Å². The summed E-state index contributed by atoms with van der Waals surface area (Å²) in [6, 6.07) is 0. The van der Waals surface area contributed by atoms with Crippen molar-refractivity contribution in [2.45, 2.75) is 38.1 Å². The van der Waals surface area contributed by atoms with Gasteiger partial charge in [0.15, 0.2) is 0 Å². The second-order valence-electron chi connectivity index (χ2n) is 2.69. The van der Waals surface area contributed by atoms with E-state index in [0.29, 0.717) is 6.42 Å². The molecule has 0 aromatic heterocycles. The topological polar surface area (TPSA) is 49.7 Å². The fourth-order valence-corrected chi connectivity index (χ4v) is 1.24. The van der Waals surface area contributed by atoms with E-state index < -0.39 is 6.10 Å². The maximum atomic E-state index is 9.21. The van der Waals surface area contributed by atoms with E-state index in [4.69, 9.17) is 9.84 Å². The van der Waals surface area contributed by atoms with Crippen LogP contribution in [0.15, 0.2) is 0 Å². The molecule has 1 saturated heterocycles. The minimum absolute atomic E-state index is 0.0718. The predicted octanol–water partition coefficient (Wildman–Crippen LogP) is -0.0929. The van der Waals surface area contributed by atoms with Gasteiger partial charge in [0, 0.05) is 6.42 Å². The van der Waals surface area contributed by atoms with Gasteiger partial charge in [-0.3, -0.25) is 0 Å². The van der Waals surface area contributed by atoms with Crippen molar-refractivity contribution < 1.29 is 14.9 Å². The standard InChI is InChI=1S/C7H14O3/c1-2-5-3-6(9)7(4-8)10-5/h5-9H,2-4H2,1H3/t5-,6+,7?/m1/s1. The molecule has 0 amide bonds. The van der Waals surface area contributed by atoms with E-state index in [0.717, 1.165) is 6.42 Å². The van der Waals surface area contributed by atoms with Crippen LogP contribution in [0, 0.1) is 0 Å². The zero-order valence-corrected chi connectivity index (χ0v) is 6.16. The highest BCUT2D eigenvalue weighted by Gasteiger charge is 2.31. The molecule has 1 aliphatic rings. The summed E-state index contributed by atoms with van der Waals surface area (Å²) in [4.78, 5) is 0. The van der Waals surface area contributed by atoms with E-state index in [1.165, 1.54) is 0 Å². The second kappa shape index (κ2) is 3.32. The third-order valence-electron chi connectivity index (χ3n) is 1.94. The van der Waals surface area contributed by atoms with Gasteiger partial charge in [-0.05, 0) is 6.42 Å². The van der Waals surface area contributed by atoms with E-state index in [1.807, 2.05) is 6.92 Å². The molecule has 0 radical (unpaired) electrons. The van der Waals surface area contributed by atoms with Gasteiger partial charge in [0.25, 0.3) is 0 Å². The normalized spacial score (nSPS) is 40.5. The lowest BCUT2D eigenvalue weighted by Gasteiger charge is -2.09. The molecule has 0 aromatic rings. The molecule has 0 spiro atoms. The van der Waals surface area contributed by atoms with Crippen LogP contribution in [0.1, 0.15) is 19.8 Å². The van der Waals surface area contributed by atoms with Gasteiger partial charge < -0.3 is 14.9 Å². The third-order valence-corrected chi connectivity index (χ3v) is 1.94. The number of rotatable bonds is 2. The van der Waals surface area contributed by atoms with E-state index >= 15 is 0 Å². The number of aliphatic hydroxyl groups is 2. The highest BCUT2D eigenvalue weighted by Crippen LogP contribution is 2.21. The summed E-state index contributed by atoms with van der Waals surface area (Å²) in [6.45, 7) is 1.94. The van der Waals surface area contributed by atoms with Gasteiger partial charge in [-0.1, -0.05) is 6.92 Å². The van der Waals surface area contributed by atoms with Crippen LogP contribution in [-0.4, -0.2) is 35.1 Å². The first-order valence-corrected chi connectivity index (χ1v) is 3.72. The second-order valence-corrected chi connectivity index (χ2v) is 2.69. The summed E-state index contributed by atoms with van der Waals surface area (Å²) in [7, 11) is 0. The van der Waals surface area contributed by atoms with E-state index in [9.17, 15) is 5.11 Å². The third kappa shape index (κ3) is 1.48. The summed E-state index contributed by atoms with van der Waals surface area (Å²) >= 11 is 0. The summed E-state index contributed by atoms with van der Waals surface area (Å²) in [5.74, 6) is 0. The molecule has 1 unspecified atom stereocenters. The number of aliphatic hydroxyl groups excluding tert-OH is 2.